The van der Waals surface area contributed by atoms with E-state index in [-0.39, 0.29) is 5.54 Å². The van der Waals surface area contributed by atoms with Gasteiger partial charge >= 0.3 is 0 Å². The van der Waals surface area contributed by atoms with Crippen molar-refractivity contribution in [3.05, 3.63) is 0 Å². The minimum absolute atomic E-state index is 0.252. The first-order valence-electron chi connectivity index (χ1n) is 5.56. The molecule has 0 rings (SSSR count). The second kappa shape index (κ2) is 6.39. The fraction of sp³-hybridized carbons (Fsp3) is 1.00. The van der Waals surface area contributed by atoms with Crippen LogP contribution in [0.4, 0.5) is 0 Å². The van der Waals surface area contributed by atoms with Gasteiger partial charge in [0, 0.05) is 5.54 Å². The van der Waals surface area contributed by atoms with Gasteiger partial charge in [-0.05, 0) is 33.2 Å². The lowest BCUT2D eigenvalue weighted by atomic mass is 10.0. The number of rotatable bonds is 7. The van der Waals surface area contributed by atoms with E-state index < -0.39 is 0 Å². The van der Waals surface area contributed by atoms with Crippen molar-refractivity contribution >= 4 is 0 Å². The molecule has 0 radical (unpaired) electrons. The standard InChI is InChI=1S/C11H26N2/c1-6-9-10(12-8-3)13-11(4,5)7-2/h10,12-13H,6-9H2,1-5H3. The Labute approximate surface area is 83.5 Å². The van der Waals surface area contributed by atoms with Gasteiger partial charge in [-0.25, -0.2) is 0 Å². The molecule has 80 valence electrons. The predicted molar refractivity (Wildman–Crippen MR) is 59.9 cm³/mol. The lowest BCUT2D eigenvalue weighted by Crippen LogP contribution is -2.52. The van der Waals surface area contributed by atoms with Crippen LogP contribution >= 0.6 is 0 Å². The van der Waals surface area contributed by atoms with E-state index in [0.717, 1.165) is 6.54 Å². The fourth-order valence-electron chi connectivity index (χ4n) is 1.33. The van der Waals surface area contributed by atoms with E-state index in [1.54, 1.807) is 0 Å². The molecule has 0 bridgehead atoms. The minimum atomic E-state index is 0.252. The van der Waals surface area contributed by atoms with Crippen molar-refractivity contribution in [2.75, 3.05) is 6.54 Å². The Morgan fingerprint density at radius 1 is 1.15 bits per heavy atom. The molecule has 0 saturated heterocycles. The maximum atomic E-state index is 3.63. The monoisotopic (exact) mass is 186 g/mol. The van der Waals surface area contributed by atoms with Gasteiger partial charge in [0.1, 0.15) is 0 Å². The summed E-state index contributed by atoms with van der Waals surface area (Å²) in [5, 5.41) is 7.10. The smallest absolute Gasteiger partial charge is 0.0575 e. The summed E-state index contributed by atoms with van der Waals surface area (Å²) in [5.41, 5.74) is 0.252. The van der Waals surface area contributed by atoms with E-state index in [9.17, 15) is 0 Å². The van der Waals surface area contributed by atoms with Crippen LogP contribution in [0, 0.1) is 0 Å². The molecule has 0 saturated carbocycles. The summed E-state index contributed by atoms with van der Waals surface area (Å²) in [6.07, 6.45) is 4.07. The third-order valence-corrected chi connectivity index (χ3v) is 2.48. The van der Waals surface area contributed by atoms with Gasteiger partial charge in [-0.2, -0.15) is 0 Å². The van der Waals surface area contributed by atoms with Crippen molar-refractivity contribution in [1.29, 1.82) is 0 Å². The van der Waals surface area contributed by atoms with Crippen molar-refractivity contribution < 1.29 is 0 Å². The molecule has 0 aromatic carbocycles. The number of hydrogen-bond acceptors (Lipinski definition) is 2. The summed E-state index contributed by atoms with van der Waals surface area (Å²) in [5.74, 6) is 0. The van der Waals surface area contributed by atoms with Crippen molar-refractivity contribution in [2.24, 2.45) is 0 Å². The molecule has 0 aliphatic heterocycles. The molecule has 2 heteroatoms. The van der Waals surface area contributed by atoms with E-state index >= 15 is 0 Å². The van der Waals surface area contributed by atoms with Crippen molar-refractivity contribution in [2.45, 2.75) is 65.6 Å². The van der Waals surface area contributed by atoms with Gasteiger partial charge < -0.3 is 5.32 Å². The van der Waals surface area contributed by atoms with Gasteiger partial charge in [0.25, 0.3) is 0 Å². The highest BCUT2D eigenvalue weighted by Crippen LogP contribution is 2.09. The molecule has 0 aromatic rings. The van der Waals surface area contributed by atoms with Crippen LogP contribution in [0.25, 0.3) is 0 Å². The number of nitrogens with one attached hydrogen (secondary N) is 2. The SMILES string of the molecule is CCCC(NCC)NC(C)(C)CC. The summed E-state index contributed by atoms with van der Waals surface area (Å²) in [4.78, 5) is 0. The summed E-state index contributed by atoms with van der Waals surface area (Å²) >= 11 is 0. The predicted octanol–water partition coefficient (Wildman–Crippen LogP) is 2.50. The minimum Gasteiger partial charge on any atom is -0.302 e. The van der Waals surface area contributed by atoms with Gasteiger partial charge in [0.15, 0.2) is 0 Å². The highest BCUT2D eigenvalue weighted by molar-refractivity contribution is 4.79. The van der Waals surface area contributed by atoms with Crippen LogP contribution in [0.2, 0.25) is 0 Å². The van der Waals surface area contributed by atoms with Crippen LogP contribution in [0.5, 0.6) is 0 Å². The lowest BCUT2D eigenvalue weighted by molar-refractivity contribution is 0.281. The summed E-state index contributed by atoms with van der Waals surface area (Å²) < 4.78 is 0. The van der Waals surface area contributed by atoms with Gasteiger partial charge in [-0.3, -0.25) is 5.32 Å². The Morgan fingerprint density at radius 2 is 1.77 bits per heavy atom. The largest absolute Gasteiger partial charge is 0.302 e. The van der Waals surface area contributed by atoms with Crippen LogP contribution in [0.1, 0.15) is 53.9 Å². The van der Waals surface area contributed by atoms with Crippen LogP contribution in [0.3, 0.4) is 0 Å². The molecule has 0 spiro atoms. The van der Waals surface area contributed by atoms with Crippen molar-refractivity contribution in [3.63, 3.8) is 0 Å². The Morgan fingerprint density at radius 3 is 2.15 bits per heavy atom. The molecule has 2 nitrogen and oxygen atoms in total. The molecule has 0 fully saturated rings. The second-order valence-electron chi connectivity index (χ2n) is 4.28. The molecule has 13 heavy (non-hydrogen) atoms. The molecule has 2 N–H and O–H groups in total. The van der Waals surface area contributed by atoms with Gasteiger partial charge in [-0.1, -0.05) is 27.2 Å². The fourth-order valence-corrected chi connectivity index (χ4v) is 1.33. The van der Waals surface area contributed by atoms with Crippen LogP contribution in [0.15, 0.2) is 0 Å². The maximum Gasteiger partial charge on any atom is 0.0575 e. The van der Waals surface area contributed by atoms with Crippen LogP contribution in [-0.4, -0.2) is 18.2 Å². The molecule has 0 aliphatic carbocycles. The first kappa shape index (κ1) is 12.9. The average Bonchev–Trinajstić information content (AvgIpc) is 2.05. The second-order valence-corrected chi connectivity index (χ2v) is 4.28. The normalized spacial score (nSPS) is 14.5. The molecule has 0 aromatic heterocycles. The van der Waals surface area contributed by atoms with Crippen LogP contribution in [-0.2, 0) is 0 Å². The van der Waals surface area contributed by atoms with E-state index in [1.165, 1.54) is 19.3 Å². The van der Waals surface area contributed by atoms with E-state index in [2.05, 4.69) is 45.3 Å². The van der Waals surface area contributed by atoms with Gasteiger partial charge in [0.05, 0.1) is 6.17 Å². The lowest BCUT2D eigenvalue weighted by Gasteiger charge is -2.31. The molecule has 0 aliphatic rings. The van der Waals surface area contributed by atoms with Gasteiger partial charge in [-0.15, -0.1) is 0 Å². The van der Waals surface area contributed by atoms with E-state index in [1.807, 2.05) is 0 Å². The third kappa shape index (κ3) is 6.05. The highest BCUT2D eigenvalue weighted by Gasteiger charge is 2.18. The topological polar surface area (TPSA) is 24.1 Å². The molecule has 1 atom stereocenters. The molecule has 0 heterocycles. The Hall–Kier alpha value is -0.0800. The number of hydrogen-bond donors (Lipinski definition) is 2. The maximum absolute atomic E-state index is 3.63. The zero-order valence-corrected chi connectivity index (χ0v) is 9.91. The Balaban J connectivity index is 3.92. The summed E-state index contributed by atoms with van der Waals surface area (Å²) in [6.45, 7) is 12.2. The summed E-state index contributed by atoms with van der Waals surface area (Å²) in [7, 11) is 0. The Kier molecular flexibility index (Phi) is 6.35. The quantitative estimate of drug-likeness (QED) is 0.597. The molecule has 0 amide bonds. The average molecular weight is 186 g/mol. The van der Waals surface area contributed by atoms with Crippen molar-refractivity contribution in [3.8, 4) is 0 Å². The van der Waals surface area contributed by atoms with Crippen LogP contribution < -0.4 is 10.6 Å². The highest BCUT2D eigenvalue weighted by atomic mass is 15.1. The molecule has 1 unspecified atom stereocenters. The zero-order chi connectivity index (χ0) is 10.3. The summed E-state index contributed by atoms with van der Waals surface area (Å²) in [6, 6.07) is 0. The zero-order valence-electron chi connectivity index (χ0n) is 9.91. The Bertz CT molecular complexity index is 115. The van der Waals surface area contributed by atoms with Crippen molar-refractivity contribution in [1.82, 2.24) is 10.6 Å². The molecular weight excluding hydrogens is 160 g/mol. The van der Waals surface area contributed by atoms with E-state index in [4.69, 9.17) is 0 Å². The molecular formula is C11H26N2. The third-order valence-electron chi connectivity index (χ3n) is 2.48. The van der Waals surface area contributed by atoms with E-state index in [0.29, 0.717) is 6.17 Å². The van der Waals surface area contributed by atoms with Gasteiger partial charge in [0.2, 0.25) is 0 Å². The first-order valence-corrected chi connectivity index (χ1v) is 5.56. The first-order chi connectivity index (χ1) is 6.05.